The lowest BCUT2D eigenvalue weighted by molar-refractivity contribution is 0.547. The Labute approximate surface area is 116 Å². The SMILES string of the molecule is Cc1nc(C(C)NS(=O)(=O)c2c(C)cnn2C)cs1. The Kier molecular flexibility index (Phi) is 3.75. The van der Waals surface area contributed by atoms with Crippen LogP contribution in [0.5, 0.6) is 0 Å². The van der Waals surface area contributed by atoms with Gasteiger partial charge in [0.15, 0.2) is 5.03 Å². The third-order valence-corrected chi connectivity index (χ3v) is 5.27. The number of hydrogen-bond acceptors (Lipinski definition) is 5. The Bertz CT molecular complexity index is 668. The van der Waals surface area contributed by atoms with Crippen LogP contribution in [0.3, 0.4) is 0 Å². The summed E-state index contributed by atoms with van der Waals surface area (Å²) in [5, 5.41) is 6.91. The lowest BCUT2D eigenvalue weighted by Gasteiger charge is -2.13. The maximum Gasteiger partial charge on any atom is 0.258 e. The van der Waals surface area contributed by atoms with Crippen LogP contribution in [0, 0.1) is 13.8 Å². The number of hydrogen-bond donors (Lipinski definition) is 1. The van der Waals surface area contributed by atoms with Gasteiger partial charge >= 0.3 is 0 Å². The van der Waals surface area contributed by atoms with Crippen LogP contribution in [0.4, 0.5) is 0 Å². The minimum absolute atomic E-state index is 0.186. The van der Waals surface area contributed by atoms with Gasteiger partial charge < -0.3 is 0 Å². The van der Waals surface area contributed by atoms with Crippen LogP contribution < -0.4 is 4.72 Å². The predicted molar refractivity (Wildman–Crippen MR) is 73.5 cm³/mol. The second kappa shape index (κ2) is 5.03. The summed E-state index contributed by atoms with van der Waals surface area (Å²) in [7, 11) is -1.99. The fraction of sp³-hybridized carbons (Fsp3) is 0.455. The van der Waals surface area contributed by atoms with Crippen LogP contribution in [-0.4, -0.2) is 23.2 Å². The molecule has 0 spiro atoms. The molecule has 19 heavy (non-hydrogen) atoms. The smallest absolute Gasteiger partial charge is 0.256 e. The van der Waals surface area contributed by atoms with Crippen molar-refractivity contribution in [3.05, 3.63) is 27.8 Å². The van der Waals surface area contributed by atoms with Crippen molar-refractivity contribution in [2.24, 2.45) is 7.05 Å². The second-order valence-electron chi connectivity index (χ2n) is 4.39. The highest BCUT2D eigenvalue weighted by atomic mass is 32.2. The zero-order chi connectivity index (χ0) is 14.2. The maximum atomic E-state index is 12.3. The van der Waals surface area contributed by atoms with Crippen molar-refractivity contribution < 1.29 is 8.42 Å². The first kappa shape index (κ1) is 14.2. The highest BCUT2D eigenvalue weighted by Gasteiger charge is 2.24. The lowest BCUT2D eigenvalue weighted by Crippen LogP contribution is -2.29. The molecule has 0 aliphatic carbocycles. The molecule has 1 unspecified atom stereocenters. The summed E-state index contributed by atoms with van der Waals surface area (Å²) in [6.45, 7) is 5.39. The van der Waals surface area contributed by atoms with Gasteiger partial charge in [0.25, 0.3) is 10.0 Å². The van der Waals surface area contributed by atoms with Gasteiger partial charge in [0.05, 0.1) is 22.9 Å². The van der Waals surface area contributed by atoms with Crippen LogP contribution in [0.2, 0.25) is 0 Å². The molecule has 1 N–H and O–H groups in total. The van der Waals surface area contributed by atoms with Gasteiger partial charge in [-0.05, 0) is 20.8 Å². The zero-order valence-electron chi connectivity index (χ0n) is 11.2. The average Bonchev–Trinajstić information content (AvgIpc) is 2.85. The van der Waals surface area contributed by atoms with Gasteiger partial charge in [-0.3, -0.25) is 4.68 Å². The first-order valence-electron chi connectivity index (χ1n) is 5.74. The number of aromatic nitrogens is 3. The van der Waals surface area contributed by atoms with Crippen molar-refractivity contribution in [1.29, 1.82) is 0 Å². The first-order valence-corrected chi connectivity index (χ1v) is 8.10. The van der Waals surface area contributed by atoms with E-state index in [-0.39, 0.29) is 11.1 Å². The zero-order valence-corrected chi connectivity index (χ0v) is 12.8. The molecule has 0 aliphatic rings. The largest absolute Gasteiger partial charge is 0.258 e. The summed E-state index contributed by atoms with van der Waals surface area (Å²) in [5.74, 6) is 0. The van der Waals surface area contributed by atoms with Crippen LogP contribution in [0.1, 0.15) is 29.2 Å². The fourth-order valence-electron chi connectivity index (χ4n) is 1.85. The lowest BCUT2D eigenvalue weighted by atomic mass is 10.3. The molecule has 0 saturated heterocycles. The number of nitrogens with zero attached hydrogens (tertiary/aromatic N) is 3. The van der Waals surface area contributed by atoms with Gasteiger partial charge in [0.1, 0.15) is 0 Å². The summed E-state index contributed by atoms with van der Waals surface area (Å²) < 4.78 is 28.6. The number of rotatable bonds is 4. The summed E-state index contributed by atoms with van der Waals surface area (Å²) in [6, 6.07) is -0.371. The number of thiazole rings is 1. The first-order chi connectivity index (χ1) is 8.81. The van der Waals surface area contributed by atoms with E-state index in [1.54, 1.807) is 20.9 Å². The van der Waals surface area contributed by atoms with E-state index in [2.05, 4.69) is 14.8 Å². The molecule has 2 rings (SSSR count). The van der Waals surface area contributed by atoms with Gasteiger partial charge in [-0.25, -0.2) is 18.1 Å². The molecule has 104 valence electrons. The second-order valence-corrected chi connectivity index (χ2v) is 7.08. The molecule has 0 bridgehead atoms. The number of sulfonamides is 1. The third-order valence-electron chi connectivity index (χ3n) is 2.72. The average molecular weight is 300 g/mol. The molecule has 2 heterocycles. The summed E-state index contributed by atoms with van der Waals surface area (Å²) in [5.41, 5.74) is 1.35. The molecule has 0 fully saturated rings. The molecule has 0 radical (unpaired) electrons. The van der Waals surface area contributed by atoms with Crippen molar-refractivity contribution in [2.45, 2.75) is 31.8 Å². The van der Waals surface area contributed by atoms with Gasteiger partial charge in [-0.15, -0.1) is 11.3 Å². The molecule has 0 saturated carbocycles. The minimum atomic E-state index is -3.60. The van der Waals surface area contributed by atoms with Crippen molar-refractivity contribution in [3.8, 4) is 0 Å². The monoisotopic (exact) mass is 300 g/mol. The molecular weight excluding hydrogens is 284 g/mol. The highest BCUT2D eigenvalue weighted by molar-refractivity contribution is 7.89. The predicted octanol–water partition coefficient (Wildman–Crippen LogP) is 1.53. The Balaban J connectivity index is 2.27. The van der Waals surface area contributed by atoms with Gasteiger partial charge in [0.2, 0.25) is 0 Å². The van der Waals surface area contributed by atoms with E-state index in [0.29, 0.717) is 5.56 Å². The summed E-state index contributed by atoms with van der Waals surface area (Å²) >= 11 is 1.50. The minimum Gasteiger partial charge on any atom is -0.256 e. The highest BCUT2D eigenvalue weighted by Crippen LogP contribution is 2.20. The summed E-state index contributed by atoms with van der Waals surface area (Å²) in [6.07, 6.45) is 1.53. The van der Waals surface area contributed by atoms with Crippen LogP contribution in [0.15, 0.2) is 16.6 Å². The van der Waals surface area contributed by atoms with Crippen molar-refractivity contribution in [1.82, 2.24) is 19.5 Å². The Morgan fingerprint density at radius 1 is 1.42 bits per heavy atom. The molecule has 0 amide bonds. The molecule has 6 nitrogen and oxygen atoms in total. The van der Waals surface area contributed by atoms with Gasteiger partial charge in [0, 0.05) is 18.0 Å². The topological polar surface area (TPSA) is 76.9 Å². The van der Waals surface area contributed by atoms with E-state index in [4.69, 9.17) is 0 Å². The van der Waals surface area contributed by atoms with Crippen molar-refractivity contribution in [3.63, 3.8) is 0 Å². The normalized spacial score (nSPS) is 13.7. The van der Waals surface area contributed by atoms with Crippen molar-refractivity contribution in [2.75, 3.05) is 0 Å². The van der Waals surface area contributed by atoms with E-state index in [1.807, 2.05) is 12.3 Å². The van der Waals surface area contributed by atoms with Gasteiger partial charge in [-0.2, -0.15) is 5.10 Å². The Morgan fingerprint density at radius 2 is 2.11 bits per heavy atom. The van der Waals surface area contributed by atoms with E-state index >= 15 is 0 Å². The number of nitrogens with one attached hydrogen (secondary N) is 1. The van der Waals surface area contributed by atoms with Crippen LogP contribution >= 0.6 is 11.3 Å². The molecule has 2 aromatic heterocycles. The quantitative estimate of drug-likeness (QED) is 0.929. The van der Waals surface area contributed by atoms with E-state index in [9.17, 15) is 8.42 Å². The molecule has 0 aromatic carbocycles. The standard InChI is InChI=1S/C11H16N4O2S2/c1-7-5-12-15(4)11(7)19(16,17)14-8(2)10-6-18-9(3)13-10/h5-6,8,14H,1-4H3. The van der Waals surface area contributed by atoms with Gasteiger partial charge in [-0.1, -0.05) is 0 Å². The maximum absolute atomic E-state index is 12.3. The van der Waals surface area contributed by atoms with Crippen LogP contribution in [0.25, 0.3) is 0 Å². The summed E-state index contributed by atoms with van der Waals surface area (Å²) in [4.78, 5) is 4.29. The molecule has 2 aromatic rings. The Hall–Kier alpha value is -1.25. The molecule has 8 heteroatoms. The number of aryl methyl sites for hydroxylation is 3. The molecule has 1 atom stereocenters. The molecule has 0 aliphatic heterocycles. The van der Waals surface area contributed by atoms with E-state index < -0.39 is 10.0 Å². The Morgan fingerprint density at radius 3 is 2.58 bits per heavy atom. The van der Waals surface area contributed by atoms with E-state index in [1.165, 1.54) is 22.2 Å². The fourth-order valence-corrected chi connectivity index (χ4v) is 4.13. The molecular formula is C11H16N4O2S2. The third kappa shape index (κ3) is 2.85. The van der Waals surface area contributed by atoms with Crippen LogP contribution in [-0.2, 0) is 17.1 Å². The van der Waals surface area contributed by atoms with Crippen molar-refractivity contribution >= 4 is 21.4 Å². The van der Waals surface area contributed by atoms with E-state index in [0.717, 1.165) is 10.7 Å².